The molecule has 120 valence electrons. The number of benzene rings is 1. The minimum absolute atomic E-state index is 0.350. The summed E-state index contributed by atoms with van der Waals surface area (Å²) in [5.74, 6) is 0.937. The van der Waals surface area contributed by atoms with Crippen LogP contribution in [-0.4, -0.2) is 36.0 Å². The molecular weight excluding hydrogens is 292 g/mol. The van der Waals surface area contributed by atoms with Crippen molar-refractivity contribution in [3.8, 4) is 11.3 Å². The van der Waals surface area contributed by atoms with Crippen LogP contribution in [0.15, 0.2) is 36.4 Å². The Hall–Kier alpha value is -2.63. The molecule has 0 bridgehead atoms. The monoisotopic (exact) mass is 312 g/mol. The first kappa shape index (κ1) is 15.3. The van der Waals surface area contributed by atoms with Crippen LogP contribution in [0.5, 0.6) is 0 Å². The van der Waals surface area contributed by atoms with Crippen molar-refractivity contribution in [3.05, 3.63) is 36.4 Å². The third-order valence-electron chi connectivity index (χ3n) is 3.78. The Morgan fingerprint density at radius 3 is 2.48 bits per heavy atom. The van der Waals surface area contributed by atoms with Crippen LogP contribution >= 0.6 is 0 Å². The number of hydrogen-bond donors (Lipinski definition) is 1. The molecule has 0 radical (unpaired) electrons. The van der Waals surface area contributed by atoms with Crippen molar-refractivity contribution in [2.45, 2.75) is 19.8 Å². The van der Waals surface area contributed by atoms with Crippen LogP contribution in [0.2, 0.25) is 0 Å². The number of nitrogens with one attached hydrogen (secondary N) is 1. The quantitative estimate of drug-likeness (QED) is 0.938. The summed E-state index contributed by atoms with van der Waals surface area (Å²) < 4.78 is 4.85. The van der Waals surface area contributed by atoms with E-state index in [-0.39, 0.29) is 0 Å². The van der Waals surface area contributed by atoms with Crippen LogP contribution in [0.3, 0.4) is 0 Å². The van der Waals surface area contributed by atoms with E-state index in [1.807, 2.05) is 36.4 Å². The molecule has 6 heteroatoms. The van der Waals surface area contributed by atoms with Crippen LogP contribution in [0.4, 0.5) is 16.3 Å². The number of hydrogen-bond acceptors (Lipinski definition) is 5. The molecule has 1 aromatic carbocycles. The van der Waals surface area contributed by atoms with Gasteiger partial charge in [-0.05, 0) is 44.0 Å². The lowest BCUT2D eigenvalue weighted by molar-refractivity contribution is 0.168. The van der Waals surface area contributed by atoms with Crippen molar-refractivity contribution in [2.24, 2.45) is 0 Å². The van der Waals surface area contributed by atoms with E-state index in [1.165, 1.54) is 12.8 Å². The van der Waals surface area contributed by atoms with Gasteiger partial charge in [0.1, 0.15) is 0 Å². The highest BCUT2D eigenvalue weighted by Gasteiger charge is 2.14. The lowest BCUT2D eigenvalue weighted by atomic mass is 10.1. The van der Waals surface area contributed by atoms with Gasteiger partial charge in [0, 0.05) is 24.3 Å². The Morgan fingerprint density at radius 1 is 1.13 bits per heavy atom. The number of aromatic nitrogens is 2. The zero-order valence-corrected chi connectivity index (χ0v) is 13.2. The SMILES string of the molecule is CCOC(=O)Nc1ccc(-c2ccc(N3CCCC3)nn2)cc1. The fraction of sp³-hybridized carbons (Fsp3) is 0.353. The summed E-state index contributed by atoms with van der Waals surface area (Å²) in [7, 11) is 0. The highest BCUT2D eigenvalue weighted by atomic mass is 16.5. The standard InChI is InChI=1S/C17H20N4O2/c1-2-23-17(22)18-14-7-5-13(6-8-14)15-9-10-16(20-19-15)21-11-3-4-12-21/h5-10H,2-4,11-12H2,1H3,(H,18,22). The number of amides is 1. The first-order valence-corrected chi connectivity index (χ1v) is 7.89. The largest absolute Gasteiger partial charge is 0.450 e. The topological polar surface area (TPSA) is 67.3 Å². The molecule has 23 heavy (non-hydrogen) atoms. The minimum Gasteiger partial charge on any atom is -0.450 e. The Bertz CT molecular complexity index is 649. The van der Waals surface area contributed by atoms with Gasteiger partial charge in [-0.15, -0.1) is 10.2 Å². The van der Waals surface area contributed by atoms with Crippen molar-refractivity contribution < 1.29 is 9.53 Å². The van der Waals surface area contributed by atoms with Gasteiger partial charge in [0.25, 0.3) is 0 Å². The van der Waals surface area contributed by atoms with E-state index in [4.69, 9.17) is 4.74 Å². The molecule has 2 aromatic rings. The van der Waals surface area contributed by atoms with E-state index >= 15 is 0 Å². The van der Waals surface area contributed by atoms with Gasteiger partial charge < -0.3 is 9.64 Å². The minimum atomic E-state index is -0.449. The summed E-state index contributed by atoms with van der Waals surface area (Å²) in [6.45, 7) is 4.24. The maximum Gasteiger partial charge on any atom is 0.411 e. The zero-order valence-electron chi connectivity index (χ0n) is 13.2. The second-order valence-corrected chi connectivity index (χ2v) is 5.39. The van der Waals surface area contributed by atoms with Gasteiger partial charge in [-0.1, -0.05) is 12.1 Å². The summed E-state index contributed by atoms with van der Waals surface area (Å²) in [6, 6.07) is 11.4. The first-order valence-electron chi connectivity index (χ1n) is 7.89. The molecule has 1 aliphatic rings. The average molecular weight is 312 g/mol. The van der Waals surface area contributed by atoms with Crippen molar-refractivity contribution in [2.75, 3.05) is 29.9 Å². The number of rotatable bonds is 4. The van der Waals surface area contributed by atoms with Crippen LogP contribution < -0.4 is 10.2 Å². The molecule has 1 amide bonds. The van der Waals surface area contributed by atoms with Gasteiger partial charge >= 0.3 is 6.09 Å². The molecule has 1 fully saturated rings. The highest BCUT2D eigenvalue weighted by molar-refractivity contribution is 5.85. The van der Waals surface area contributed by atoms with Crippen LogP contribution in [0.1, 0.15) is 19.8 Å². The fourth-order valence-electron chi connectivity index (χ4n) is 2.60. The van der Waals surface area contributed by atoms with Crippen molar-refractivity contribution in [3.63, 3.8) is 0 Å². The van der Waals surface area contributed by atoms with Gasteiger partial charge in [-0.2, -0.15) is 0 Å². The highest BCUT2D eigenvalue weighted by Crippen LogP contribution is 2.22. The van der Waals surface area contributed by atoms with Crippen molar-refractivity contribution in [1.82, 2.24) is 10.2 Å². The molecule has 1 N–H and O–H groups in total. The van der Waals surface area contributed by atoms with Crippen LogP contribution in [0.25, 0.3) is 11.3 Å². The number of ether oxygens (including phenoxy) is 1. The smallest absolute Gasteiger partial charge is 0.411 e. The molecule has 0 aliphatic carbocycles. The normalized spacial score (nSPS) is 13.9. The second-order valence-electron chi connectivity index (χ2n) is 5.39. The van der Waals surface area contributed by atoms with Crippen LogP contribution in [-0.2, 0) is 4.74 Å². The zero-order chi connectivity index (χ0) is 16.1. The van der Waals surface area contributed by atoms with Gasteiger partial charge in [-0.3, -0.25) is 5.32 Å². The first-order chi connectivity index (χ1) is 11.3. The molecule has 6 nitrogen and oxygen atoms in total. The third-order valence-corrected chi connectivity index (χ3v) is 3.78. The predicted molar refractivity (Wildman–Crippen MR) is 89.6 cm³/mol. The number of carbonyl (C=O) groups is 1. The van der Waals surface area contributed by atoms with Crippen molar-refractivity contribution >= 4 is 17.6 Å². The molecule has 2 heterocycles. The van der Waals surface area contributed by atoms with Gasteiger partial charge in [0.15, 0.2) is 5.82 Å². The molecular formula is C17H20N4O2. The van der Waals surface area contributed by atoms with E-state index in [0.717, 1.165) is 30.2 Å². The van der Waals surface area contributed by atoms with E-state index in [0.29, 0.717) is 12.3 Å². The van der Waals surface area contributed by atoms with Gasteiger partial charge in [0.2, 0.25) is 0 Å². The molecule has 0 atom stereocenters. The summed E-state index contributed by atoms with van der Waals surface area (Å²) in [6.07, 6.45) is 1.99. The molecule has 0 unspecified atom stereocenters. The van der Waals surface area contributed by atoms with E-state index < -0.39 is 6.09 Å². The Kier molecular flexibility index (Phi) is 4.71. The Morgan fingerprint density at radius 2 is 1.87 bits per heavy atom. The Balaban J connectivity index is 1.68. The molecule has 1 saturated heterocycles. The van der Waals surface area contributed by atoms with E-state index in [9.17, 15) is 4.79 Å². The van der Waals surface area contributed by atoms with Crippen LogP contribution in [0, 0.1) is 0 Å². The van der Waals surface area contributed by atoms with Gasteiger partial charge in [0.05, 0.1) is 12.3 Å². The third kappa shape index (κ3) is 3.77. The average Bonchev–Trinajstić information content (AvgIpc) is 3.10. The maximum atomic E-state index is 11.4. The summed E-state index contributed by atoms with van der Waals surface area (Å²) in [5.41, 5.74) is 2.46. The summed E-state index contributed by atoms with van der Waals surface area (Å²) in [4.78, 5) is 13.6. The fourth-order valence-corrected chi connectivity index (χ4v) is 2.60. The lowest BCUT2D eigenvalue weighted by Crippen LogP contribution is -2.19. The maximum absolute atomic E-state index is 11.4. The molecule has 1 aliphatic heterocycles. The molecule has 0 spiro atoms. The molecule has 0 saturated carbocycles. The lowest BCUT2D eigenvalue weighted by Gasteiger charge is -2.15. The summed E-state index contributed by atoms with van der Waals surface area (Å²) in [5, 5.41) is 11.3. The summed E-state index contributed by atoms with van der Waals surface area (Å²) >= 11 is 0. The Labute approximate surface area is 135 Å². The van der Waals surface area contributed by atoms with E-state index in [1.54, 1.807) is 6.92 Å². The van der Waals surface area contributed by atoms with Crippen molar-refractivity contribution in [1.29, 1.82) is 0 Å². The number of carbonyl (C=O) groups excluding carboxylic acids is 1. The molecule has 3 rings (SSSR count). The number of anilines is 2. The van der Waals surface area contributed by atoms with E-state index in [2.05, 4.69) is 20.4 Å². The molecule has 1 aromatic heterocycles. The number of nitrogens with zero attached hydrogens (tertiary/aromatic N) is 3. The predicted octanol–water partition coefficient (Wildman–Crippen LogP) is 3.31. The van der Waals surface area contributed by atoms with Gasteiger partial charge in [-0.25, -0.2) is 4.79 Å². The second kappa shape index (κ2) is 7.09.